The maximum atomic E-state index is 12.9. The number of methoxy groups -OCH3 is 1. The minimum Gasteiger partial charge on any atom is -0.493 e. The Morgan fingerprint density at radius 1 is 0.975 bits per heavy atom. The van der Waals surface area contributed by atoms with Gasteiger partial charge in [-0.25, -0.2) is 4.98 Å². The van der Waals surface area contributed by atoms with Crippen molar-refractivity contribution < 1.29 is 18.7 Å². The van der Waals surface area contributed by atoms with Crippen LogP contribution in [-0.2, 0) is 13.0 Å². The summed E-state index contributed by atoms with van der Waals surface area (Å²) in [6, 6.07) is 25.8. The number of benzene rings is 4. The number of halogens is 1. The first-order valence-corrected chi connectivity index (χ1v) is 13.4. The van der Waals surface area contributed by atoms with Crippen LogP contribution in [0.1, 0.15) is 28.4 Å². The van der Waals surface area contributed by atoms with Crippen LogP contribution >= 0.6 is 23.8 Å². The first kappa shape index (κ1) is 27.2. The average Bonchev–Trinajstić information content (AvgIpc) is 3.40. The number of nitrogens with zero attached hydrogens (tertiary/aromatic N) is 1. The molecule has 0 atom stereocenters. The molecular weight excluding hydrogens is 546 g/mol. The zero-order valence-corrected chi connectivity index (χ0v) is 23.4. The molecule has 9 heteroatoms. The quantitative estimate of drug-likeness (QED) is 0.187. The number of carbonyl (C=O) groups is 1. The van der Waals surface area contributed by atoms with Crippen molar-refractivity contribution in [1.82, 2.24) is 10.3 Å². The molecule has 1 aromatic heterocycles. The zero-order valence-electron chi connectivity index (χ0n) is 21.9. The number of oxazole rings is 1. The topological polar surface area (TPSA) is 85.6 Å². The van der Waals surface area contributed by atoms with E-state index in [2.05, 4.69) is 22.5 Å². The Labute approximate surface area is 242 Å². The number of amides is 1. The summed E-state index contributed by atoms with van der Waals surface area (Å²) in [7, 11) is 1.52. The lowest BCUT2D eigenvalue weighted by atomic mass is 10.1. The maximum Gasteiger partial charge on any atom is 0.257 e. The third-order valence-corrected chi connectivity index (χ3v) is 6.64. The standard InChI is InChI=1S/C31H26ClN3O4S/c1-3-19-9-13-26-25(15-19)34-30(39-26)22-5-4-6-24(16-22)33-31(40)35-29(36)21-10-14-27(28(17-21)37-2)38-18-20-7-11-23(32)12-8-20/h4-17H,3,18H2,1-2H3,(H2,33,35,36,40). The number of aromatic nitrogens is 1. The molecule has 5 rings (SSSR count). The molecule has 0 spiro atoms. The summed E-state index contributed by atoms with van der Waals surface area (Å²) in [4.78, 5) is 17.5. The Balaban J connectivity index is 1.22. The van der Waals surface area contributed by atoms with Gasteiger partial charge in [0.1, 0.15) is 12.1 Å². The highest BCUT2D eigenvalue weighted by Gasteiger charge is 2.14. The SMILES string of the molecule is CCc1ccc2oc(-c3cccc(NC(=S)NC(=O)c4ccc(OCc5ccc(Cl)cc5)c(OC)c4)c3)nc2c1. The van der Waals surface area contributed by atoms with Crippen LogP contribution < -0.4 is 20.1 Å². The molecule has 0 unspecified atom stereocenters. The van der Waals surface area contributed by atoms with Gasteiger partial charge >= 0.3 is 0 Å². The van der Waals surface area contributed by atoms with E-state index < -0.39 is 0 Å². The minimum absolute atomic E-state index is 0.148. The van der Waals surface area contributed by atoms with Gasteiger partial charge in [-0.3, -0.25) is 10.1 Å². The van der Waals surface area contributed by atoms with E-state index in [0.29, 0.717) is 40.3 Å². The number of rotatable bonds is 8. The molecule has 0 aliphatic rings. The smallest absolute Gasteiger partial charge is 0.257 e. The molecule has 1 heterocycles. The van der Waals surface area contributed by atoms with Gasteiger partial charge in [0, 0.05) is 21.8 Å². The van der Waals surface area contributed by atoms with Crippen LogP contribution in [0.5, 0.6) is 11.5 Å². The Morgan fingerprint density at radius 3 is 2.55 bits per heavy atom. The molecule has 0 saturated carbocycles. The van der Waals surface area contributed by atoms with Crippen molar-refractivity contribution >= 4 is 51.6 Å². The zero-order chi connectivity index (χ0) is 28.1. The molecule has 40 heavy (non-hydrogen) atoms. The summed E-state index contributed by atoms with van der Waals surface area (Å²) in [5.74, 6) is 1.06. The van der Waals surface area contributed by atoms with Gasteiger partial charge in [0.05, 0.1) is 7.11 Å². The second-order valence-corrected chi connectivity index (χ2v) is 9.79. The third kappa shape index (κ3) is 6.42. The molecule has 5 aromatic rings. The van der Waals surface area contributed by atoms with Gasteiger partial charge in [-0.15, -0.1) is 0 Å². The van der Waals surface area contributed by atoms with E-state index in [4.69, 9.17) is 37.7 Å². The van der Waals surface area contributed by atoms with E-state index in [1.807, 2.05) is 54.6 Å². The molecule has 0 bridgehead atoms. The van der Waals surface area contributed by atoms with Crippen molar-refractivity contribution in [3.05, 3.63) is 107 Å². The van der Waals surface area contributed by atoms with Crippen molar-refractivity contribution in [3.63, 3.8) is 0 Å². The van der Waals surface area contributed by atoms with Gasteiger partial charge in [0.25, 0.3) is 5.91 Å². The number of nitrogens with one attached hydrogen (secondary N) is 2. The fourth-order valence-electron chi connectivity index (χ4n) is 4.05. The Hall–Kier alpha value is -4.40. The van der Waals surface area contributed by atoms with E-state index in [1.54, 1.807) is 30.3 Å². The number of fused-ring (bicyclic) bond motifs is 1. The first-order valence-electron chi connectivity index (χ1n) is 12.6. The summed E-state index contributed by atoms with van der Waals surface area (Å²) in [6.45, 7) is 2.43. The predicted octanol–water partition coefficient (Wildman–Crippen LogP) is 7.43. The molecule has 202 valence electrons. The van der Waals surface area contributed by atoms with E-state index in [9.17, 15) is 4.79 Å². The van der Waals surface area contributed by atoms with Crippen LogP contribution in [0.4, 0.5) is 5.69 Å². The third-order valence-electron chi connectivity index (χ3n) is 6.19. The highest BCUT2D eigenvalue weighted by molar-refractivity contribution is 7.80. The molecule has 0 saturated heterocycles. The molecule has 0 radical (unpaired) electrons. The molecule has 4 aromatic carbocycles. The van der Waals surface area contributed by atoms with E-state index in [0.717, 1.165) is 28.6 Å². The monoisotopic (exact) mass is 571 g/mol. The molecule has 0 aliphatic heterocycles. The second-order valence-electron chi connectivity index (χ2n) is 8.94. The predicted molar refractivity (Wildman–Crippen MR) is 161 cm³/mol. The largest absolute Gasteiger partial charge is 0.493 e. The molecule has 2 N–H and O–H groups in total. The van der Waals surface area contributed by atoms with Gasteiger partial charge in [0.15, 0.2) is 22.2 Å². The fraction of sp³-hybridized carbons (Fsp3) is 0.129. The number of thiocarbonyl (C=S) groups is 1. The van der Waals surface area contributed by atoms with Crippen molar-refractivity contribution in [1.29, 1.82) is 0 Å². The van der Waals surface area contributed by atoms with Gasteiger partial charge < -0.3 is 19.2 Å². The average molecular weight is 572 g/mol. The highest BCUT2D eigenvalue weighted by Crippen LogP contribution is 2.30. The molecular formula is C31H26ClN3O4S. The normalized spacial score (nSPS) is 10.8. The van der Waals surface area contributed by atoms with Gasteiger partial charge in [-0.05, 0) is 90.4 Å². The first-order chi connectivity index (χ1) is 19.4. The van der Waals surface area contributed by atoms with Crippen LogP contribution in [0.2, 0.25) is 5.02 Å². The number of aryl methyl sites for hydroxylation is 1. The Morgan fingerprint density at radius 2 is 1.77 bits per heavy atom. The number of carbonyl (C=O) groups excluding carboxylic acids is 1. The van der Waals surface area contributed by atoms with Crippen LogP contribution in [0.25, 0.3) is 22.6 Å². The van der Waals surface area contributed by atoms with Crippen molar-refractivity contribution in [2.45, 2.75) is 20.0 Å². The van der Waals surface area contributed by atoms with Gasteiger partial charge in [-0.2, -0.15) is 0 Å². The number of hydrogen-bond donors (Lipinski definition) is 2. The molecule has 1 amide bonds. The van der Waals surface area contributed by atoms with Crippen molar-refractivity contribution in [2.75, 3.05) is 12.4 Å². The lowest BCUT2D eigenvalue weighted by molar-refractivity contribution is 0.0977. The number of hydrogen-bond acceptors (Lipinski definition) is 6. The molecule has 0 fully saturated rings. The molecule has 7 nitrogen and oxygen atoms in total. The Kier molecular flexibility index (Phi) is 8.28. The second kappa shape index (κ2) is 12.2. The van der Waals surface area contributed by atoms with Crippen LogP contribution in [-0.4, -0.2) is 23.1 Å². The van der Waals surface area contributed by atoms with Crippen molar-refractivity contribution in [2.24, 2.45) is 0 Å². The maximum absolute atomic E-state index is 12.9. The van der Waals surface area contributed by atoms with E-state index >= 15 is 0 Å². The number of ether oxygens (including phenoxy) is 2. The lowest BCUT2D eigenvalue weighted by Crippen LogP contribution is -2.34. The minimum atomic E-state index is -0.387. The lowest BCUT2D eigenvalue weighted by Gasteiger charge is -2.13. The van der Waals surface area contributed by atoms with E-state index in [1.165, 1.54) is 12.7 Å². The van der Waals surface area contributed by atoms with Gasteiger partial charge in [0.2, 0.25) is 5.89 Å². The van der Waals surface area contributed by atoms with Crippen LogP contribution in [0, 0.1) is 0 Å². The Bertz CT molecular complexity index is 1680. The summed E-state index contributed by atoms with van der Waals surface area (Å²) < 4.78 is 17.3. The summed E-state index contributed by atoms with van der Waals surface area (Å²) >= 11 is 11.3. The number of anilines is 1. The van der Waals surface area contributed by atoms with Crippen molar-refractivity contribution in [3.8, 4) is 23.0 Å². The van der Waals surface area contributed by atoms with Crippen LogP contribution in [0.3, 0.4) is 0 Å². The fourth-order valence-corrected chi connectivity index (χ4v) is 4.39. The summed E-state index contributed by atoms with van der Waals surface area (Å²) in [5, 5.41) is 6.56. The van der Waals surface area contributed by atoms with E-state index in [-0.39, 0.29) is 11.0 Å². The van der Waals surface area contributed by atoms with Crippen LogP contribution in [0.15, 0.2) is 89.3 Å². The van der Waals surface area contributed by atoms with Gasteiger partial charge in [-0.1, -0.05) is 42.8 Å². The highest BCUT2D eigenvalue weighted by atomic mass is 35.5. The molecule has 0 aliphatic carbocycles. The summed E-state index contributed by atoms with van der Waals surface area (Å²) in [6.07, 6.45) is 0.926. The summed E-state index contributed by atoms with van der Waals surface area (Å²) in [5.41, 5.74) is 5.52.